The molecule has 0 radical (unpaired) electrons. The molecule has 0 amide bonds. The standard InChI is InChI=1S/C26H21ClO6/c1-15-11-22-18(13-19(15)27)24(29)26(32-14-20(28)16-7-5-4-6-8-16)25(33-22)17-9-10-21(30-2)23(12-17)31-3/h4-13H,14H2,1-3H3. The smallest absolute Gasteiger partial charge is 0.235 e. The van der Waals surface area contributed by atoms with Gasteiger partial charge in [-0.25, -0.2) is 0 Å². The van der Waals surface area contributed by atoms with E-state index in [1.165, 1.54) is 14.2 Å². The predicted molar refractivity (Wildman–Crippen MR) is 127 cm³/mol. The van der Waals surface area contributed by atoms with Crippen molar-refractivity contribution >= 4 is 28.4 Å². The Balaban J connectivity index is 1.86. The van der Waals surface area contributed by atoms with Gasteiger partial charge in [-0.1, -0.05) is 41.9 Å². The largest absolute Gasteiger partial charge is 0.493 e. The van der Waals surface area contributed by atoms with Crippen LogP contribution in [-0.2, 0) is 0 Å². The van der Waals surface area contributed by atoms with Gasteiger partial charge < -0.3 is 18.6 Å². The maximum Gasteiger partial charge on any atom is 0.235 e. The summed E-state index contributed by atoms with van der Waals surface area (Å²) in [5.41, 5.74) is 1.70. The van der Waals surface area contributed by atoms with Gasteiger partial charge in [-0.05, 0) is 42.8 Å². The Morgan fingerprint density at radius 3 is 2.39 bits per heavy atom. The lowest BCUT2D eigenvalue weighted by Gasteiger charge is -2.14. The molecule has 0 N–H and O–H groups in total. The second-order valence-corrected chi connectivity index (χ2v) is 7.74. The van der Waals surface area contributed by atoms with Gasteiger partial charge in [0.15, 0.2) is 29.6 Å². The average molecular weight is 465 g/mol. The number of ether oxygens (including phenoxy) is 3. The van der Waals surface area contributed by atoms with Crippen molar-refractivity contribution in [2.24, 2.45) is 0 Å². The van der Waals surface area contributed by atoms with Crippen molar-refractivity contribution < 1.29 is 23.4 Å². The monoisotopic (exact) mass is 464 g/mol. The van der Waals surface area contributed by atoms with Gasteiger partial charge >= 0.3 is 0 Å². The molecule has 1 aromatic heterocycles. The quantitative estimate of drug-likeness (QED) is 0.326. The number of benzene rings is 3. The molecule has 3 aromatic carbocycles. The molecule has 0 saturated carbocycles. The van der Waals surface area contributed by atoms with Crippen LogP contribution in [0.5, 0.6) is 17.2 Å². The molecule has 0 unspecified atom stereocenters. The van der Waals surface area contributed by atoms with Gasteiger partial charge in [-0.15, -0.1) is 0 Å². The van der Waals surface area contributed by atoms with Crippen molar-refractivity contribution in [3.63, 3.8) is 0 Å². The Labute approximate surface area is 195 Å². The number of halogens is 1. The molecule has 1 heterocycles. The molecule has 0 aliphatic rings. The van der Waals surface area contributed by atoms with Crippen molar-refractivity contribution in [2.45, 2.75) is 6.92 Å². The molecule has 33 heavy (non-hydrogen) atoms. The maximum absolute atomic E-state index is 13.4. The molecule has 0 saturated heterocycles. The second kappa shape index (κ2) is 9.38. The van der Waals surface area contributed by atoms with Crippen molar-refractivity contribution in [2.75, 3.05) is 20.8 Å². The summed E-state index contributed by atoms with van der Waals surface area (Å²) in [5, 5.41) is 0.692. The molecular weight excluding hydrogens is 444 g/mol. The average Bonchev–Trinajstić information content (AvgIpc) is 2.84. The number of Topliss-reactive ketones (excluding diaryl/α,β-unsaturated/α-hetero) is 1. The van der Waals surface area contributed by atoms with Crippen LogP contribution in [0, 0.1) is 6.92 Å². The Kier molecular flexibility index (Phi) is 6.38. The molecule has 0 bridgehead atoms. The van der Waals surface area contributed by atoms with Gasteiger partial charge in [0.25, 0.3) is 0 Å². The first-order valence-corrected chi connectivity index (χ1v) is 10.5. The van der Waals surface area contributed by atoms with E-state index in [-0.39, 0.29) is 29.3 Å². The lowest BCUT2D eigenvalue weighted by molar-refractivity contribution is 0.0920. The topological polar surface area (TPSA) is 75.0 Å². The molecule has 0 fully saturated rings. The van der Waals surface area contributed by atoms with Gasteiger partial charge in [-0.3, -0.25) is 9.59 Å². The van der Waals surface area contributed by atoms with Crippen LogP contribution in [0.25, 0.3) is 22.3 Å². The second-order valence-electron chi connectivity index (χ2n) is 7.33. The Morgan fingerprint density at radius 2 is 1.70 bits per heavy atom. The third-order valence-electron chi connectivity index (χ3n) is 5.22. The zero-order valence-corrected chi connectivity index (χ0v) is 19.1. The van der Waals surface area contributed by atoms with Crippen LogP contribution in [-0.4, -0.2) is 26.6 Å². The Bertz CT molecular complexity index is 1390. The normalized spacial score (nSPS) is 10.8. The van der Waals surface area contributed by atoms with Crippen LogP contribution >= 0.6 is 11.6 Å². The van der Waals surface area contributed by atoms with Crippen LogP contribution < -0.4 is 19.6 Å². The summed E-state index contributed by atoms with van der Waals surface area (Å²) >= 11 is 6.24. The predicted octanol–water partition coefficient (Wildman–Crippen LogP) is 5.70. The van der Waals surface area contributed by atoms with Crippen LogP contribution in [0.2, 0.25) is 5.02 Å². The van der Waals surface area contributed by atoms with Crippen molar-refractivity contribution in [1.82, 2.24) is 0 Å². The highest BCUT2D eigenvalue weighted by atomic mass is 35.5. The number of fused-ring (bicyclic) bond motifs is 1. The van der Waals surface area contributed by atoms with Gasteiger partial charge in [0, 0.05) is 16.1 Å². The minimum atomic E-state index is -0.427. The summed E-state index contributed by atoms with van der Waals surface area (Å²) < 4.78 is 22.6. The summed E-state index contributed by atoms with van der Waals surface area (Å²) in [5.74, 6) is 0.801. The molecule has 4 aromatic rings. The fraction of sp³-hybridized carbons (Fsp3) is 0.154. The zero-order valence-electron chi connectivity index (χ0n) is 18.3. The number of hydrogen-bond acceptors (Lipinski definition) is 6. The highest BCUT2D eigenvalue weighted by molar-refractivity contribution is 6.32. The number of aryl methyl sites for hydroxylation is 1. The number of methoxy groups -OCH3 is 2. The Morgan fingerprint density at radius 1 is 0.970 bits per heavy atom. The minimum absolute atomic E-state index is 0.0843. The lowest BCUT2D eigenvalue weighted by atomic mass is 10.1. The number of ketones is 1. The van der Waals surface area contributed by atoms with Crippen molar-refractivity contribution in [3.05, 3.63) is 87.0 Å². The molecule has 168 valence electrons. The molecule has 6 nitrogen and oxygen atoms in total. The summed E-state index contributed by atoms with van der Waals surface area (Å²) in [4.78, 5) is 26.0. The highest BCUT2D eigenvalue weighted by Crippen LogP contribution is 2.37. The Hall–Kier alpha value is -3.77. The van der Waals surface area contributed by atoms with Crippen molar-refractivity contribution in [3.8, 4) is 28.6 Å². The number of hydrogen-bond donors (Lipinski definition) is 0. The molecule has 7 heteroatoms. The van der Waals surface area contributed by atoms with E-state index in [9.17, 15) is 9.59 Å². The van der Waals surface area contributed by atoms with Gasteiger partial charge in [-0.2, -0.15) is 0 Å². The first-order chi connectivity index (χ1) is 15.9. The van der Waals surface area contributed by atoms with Crippen LogP contribution in [0.15, 0.2) is 69.9 Å². The van der Waals surface area contributed by atoms with E-state index >= 15 is 0 Å². The molecular formula is C26H21ClO6. The van der Waals surface area contributed by atoms with Gasteiger partial charge in [0.05, 0.1) is 19.6 Å². The first kappa shape index (κ1) is 22.4. The fourth-order valence-electron chi connectivity index (χ4n) is 3.44. The van der Waals surface area contributed by atoms with E-state index in [0.717, 1.165) is 5.56 Å². The van der Waals surface area contributed by atoms with E-state index in [0.29, 0.717) is 33.2 Å². The van der Waals surface area contributed by atoms with Crippen LogP contribution in [0.4, 0.5) is 0 Å². The lowest BCUT2D eigenvalue weighted by Crippen LogP contribution is -2.17. The third kappa shape index (κ3) is 4.43. The number of carbonyl (C=O) groups excluding carboxylic acids is 1. The van der Waals surface area contributed by atoms with Crippen LogP contribution in [0.1, 0.15) is 15.9 Å². The van der Waals surface area contributed by atoms with Gasteiger partial charge in [0.1, 0.15) is 5.58 Å². The summed E-state index contributed by atoms with van der Waals surface area (Å²) in [6.07, 6.45) is 0. The number of rotatable bonds is 7. The first-order valence-electron chi connectivity index (χ1n) is 10.1. The molecule has 0 atom stereocenters. The van der Waals surface area contributed by atoms with Crippen LogP contribution in [0.3, 0.4) is 0 Å². The summed E-state index contributed by atoms with van der Waals surface area (Å²) in [7, 11) is 3.05. The molecule has 4 rings (SSSR count). The van der Waals surface area contributed by atoms with Gasteiger partial charge in [0.2, 0.25) is 11.2 Å². The molecule has 0 spiro atoms. The highest BCUT2D eigenvalue weighted by Gasteiger charge is 2.21. The van der Waals surface area contributed by atoms with E-state index in [1.807, 2.05) is 13.0 Å². The molecule has 0 aliphatic carbocycles. The third-order valence-corrected chi connectivity index (χ3v) is 5.63. The van der Waals surface area contributed by atoms with E-state index in [2.05, 4.69) is 0 Å². The minimum Gasteiger partial charge on any atom is -0.493 e. The number of carbonyl (C=O) groups is 1. The maximum atomic E-state index is 13.4. The summed E-state index contributed by atoms with van der Waals surface area (Å²) in [6, 6.07) is 17.1. The zero-order chi connectivity index (χ0) is 23.5. The fourth-order valence-corrected chi connectivity index (χ4v) is 3.61. The van der Waals surface area contributed by atoms with E-state index in [4.69, 9.17) is 30.2 Å². The molecule has 0 aliphatic heterocycles. The van der Waals surface area contributed by atoms with E-state index in [1.54, 1.807) is 54.6 Å². The SMILES string of the molecule is COc1ccc(-c2oc3cc(C)c(Cl)cc3c(=O)c2OCC(=O)c2ccccc2)cc1OC. The summed E-state index contributed by atoms with van der Waals surface area (Å²) in [6.45, 7) is 1.49. The van der Waals surface area contributed by atoms with Crippen molar-refractivity contribution in [1.29, 1.82) is 0 Å². The van der Waals surface area contributed by atoms with E-state index < -0.39 is 5.43 Å².